The molecule has 4 rings (SSSR count). The van der Waals surface area contributed by atoms with Gasteiger partial charge in [-0.25, -0.2) is 8.42 Å². The second-order valence-corrected chi connectivity index (χ2v) is 11.2. The fraction of sp³-hybridized carbons (Fsp3) is 0.538. The lowest BCUT2D eigenvalue weighted by Crippen LogP contribution is -2.48. The molecule has 0 spiro atoms. The fourth-order valence-electron chi connectivity index (χ4n) is 5.19. The number of methoxy groups -OCH3 is 1. The van der Waals surface area contributed by atoms with Crippen LogP contribution < -0.4 is 10.1 Å². The van der Waals surface area contributed by atoms with Crippen LogP contribution in [0, 0.1) is 0 Å². The topological polar surface area (TPSA) is 67.9 Å². The van der Waals surface area contributed by atoms with Crippen molar-refractivity contribution in [2.24, 2.45) is 0 Å². The molecule has 2 aromatic carbocycles. The van der Waals surface area contributed by atoms with Crippen molar-refractivity contribution in [3.63, 3.8) is 0 Å². The summed E-state index contributed by atoms with van der Waals surface area (Å²) in [6.45, 7) is 1.70. The maximum absolute atomic E-state index is 12.7. The van der Waals surface area contributed by atoms with E-state index in [9.17, 15) is 8.42 Å². The Morgan fingerprint density at radius 1 is 0.970 bits per heavy atom. The van der Waals surface area contributed by atoms with Crippen LogP contribution in [0.3, 0.4) is 0 Å². The minimum Gasteiger partial charge on any atom is -0.497 e. The van der Waals surface area contributed by atoms with Crippen LogP contribution in [-0.4, -0.2) is 57.4 Å². The molecule has 1 saturated carbocycles. The predicted molar refractivity (Wildman–Crippen MR) is 131 cm³/mol. The van der Waals surface area contributed by atoms with Gasteiger partial charge >= 0.3 is 0 Å². The Kier molecular flexibility index (Phi) is 8.07. The Morgan fingerprint density at radius 3 is 2.30 bits per heavy atom. The molecule has 1 aliphatic heterocycles. The number of benzene rings is 2. The number of ether oxygens (including phenoxy) is 2. The van der Waals surface area contributed by atoms with Crippen molar-refractivity contribution >= 4 is 10.0 Å². The van der Waals surface area contributed by atoms with Crippen molar-refractivity contribution in [3.05, 3.63) is 65.7 Å². The van der Waals surface area contributed by atoms with E-state index < -0.39 is 10.0 Å². The van der Waals surface area contributed by atoms with Gasteiger partial charge in [0.05, 0.1) is 26.1 Å². The highest BCUT2D eigenvalue weighted by atomic mass is 32.2. The van der Waals surface area contributed by atoms with Gasteiger partial charge in [-0.15, -0.1) is 0 Å². The maximum Gasteiger partial charge on any atom is 0.211 e. The predicted octanol–water partition coefficient (Wildman–Crippen LogP) is 3.93. The van der Waals surface area contributed by atoms with Crippen molar-refractivity contribution in [2.75, 3.05) is 26.5 Å². The molecule has 2 fully saturated rings. The summed E-state index contributed by atoms with van der Waals surface area (Å²) in [4.78, 5) is 0. The minimum absolute atomic E-state index is 0.00446. The van der Waals surface area contributed by atoms with Crippen LogP contribution in [0.15, 0.2) is 54.6 Å². The van der Waals surface area contributed by atoms with E-state index in [1.54, 1.807) is 11.4 Å². The summed E-state index contributed by atoms with van der Waals surface area (Å²) in [6, 6.07) is 18.2. The summed E-state index contributed by atoms with van der Waals surface area (Å²) in [7, 11) is -1.74. The SMILES string of the molecule is COc1ccc(CN([C@H]2CCN[C@H]2COC2CCC(c3ccccc3)CC2)S(C)(=O)=O)cc1. The third-order valence-corrected chi connectivity index (χ3v) is 8.31. The smallest absolute Gasteiger partial charge is 0.211 e. The highest BCUT2D eigenvalue weighted by Gasteiger charge is 2.37. The average Bonchev–Trinajstić information content (AvgIpc) is 3.30. The van der Waals surface area contributed by atoms with Crippen molar-refractivity contribution in [1.82, 2.24) is 9.62 Å². The molecule has 0 radical (unpaired) electrons. The molecule has 2 atom stereocenters. The molecule has 33 heavy (non-hydrogen) atoms. The van der Waals surface area contributed by atoms with Gasteiger partial charge in [0.15, 0.2) is 0 Å². The Balaban J connectivity index is 1.33. The van der Waals surface area contributed by atoms with E-state index in [0.29, 0.717) is 19.1 Å². The first-order valence-electron chi connectivity index (χ1n) is 11.9. The molecule has 0 amide bonds. The summed E-state index contributed by atoms with van der Waals surface area (Å²) in [5.41, 5.74) is 2.38. The van der Waals surface area contributed by atoms with Crippen LogP contribution in [0.2, 0.25) is 0 Å². The van der Waals surface area contributed by atoms with Gasteiger partial charge in [0.25, 0.3) is 0 Å². The molecule has 1 heterocycles. The molecule has 1 saturated heterocycles. The van der Waals surface area contributed by atoms with Gasteiger partial charge < -0.3 is 14.8 Å². The average molecular weight is 473 g/mol. The molecule has 2 aromatic rings. The Hall–Kier alpha value is -1.93. The number of sulfonamides is 1. The molecule has 2 aliphatic rings. The zero-order valence-corrected chi connectivity index (χ0v) is 20.5. The van der Waals surface area contributed by atoms with Gasteiger partial charge in [-0.1, -0.05) is 42.5 Å². The van der Waals surface area contributed by atoms with Crippen molar-refractivity contribution < 1.29 is 17.9 Å². The molecule has 1 aliphatic carbocycles. The van der Waals surface area contributed by atoms with Gasteiger partial charge in [0, 0.05) is 18.6 Å². The molecule has 1 N–H and O–H groups in total. The molecular formula is C26H36N2O4S. The van der Waals surface area contributed by atoms with Crippen LogP contribution in [0.4, 0.5) is 0 Å². The summed E-state index contributed by atoms with van der Waals surface area (Å²) in [5, 5.41) is 3.49. The van der Waals surface area contributed by atoms with E-state index in [-0.39, 0.29) is 18.2 Å². The first-order valence-corrected chi connectivity index (χ1v) is 13.8. The van der Waals surface area contributed by atoms with Crippen LogP contribution in [-0.2, 0) is 21.3 Å². The third-order valence-electron chi connectivity index (χ3n) is 7.06. The second kappa shape index (κ2) is 11.0. The van der Waals surface area contributed by atoms with Crippen LogP contribution in [0.5, 0.6) is 5.75 Å². The zero-order valence-electron chi connectivity index (χ0n) is 19.7. The summed E-state index contributed by atoms with van der Waals surface area (Å²) >= 11 is 0. The number of rotatable bonds is 9. The maximum atomic E-state index is 12.7. The first kappa shape index (κ1) is 24.2. The molecule has 180 valence electrons. The third kappa shape index (κ3) is 6.35. The number of nitrogens with zero attached hydrogens (tertiary/aromatic N) is 1. The molecule has 0 bridgehead atoms. The highest BCUT2D eigenvalue weighted by Crippen LogP contribution is 2.34. The number of hydrogen-bond donors (Lipinski definition) is 1. The van der Waals surface area contributed by atoms with Gasteiger partial charge in [0.1, 0.15) is 5.75 Å². The van der Waals surface area contributed by atoms with Crippen molar-refractivity contribution in [2.45, 2.75) is 62.8 Å². The van der Waals surface area contributed by atoms with E-state index in [0.717, 1.165) is 50.0 Å². The van der Waals surface area contributed by atoms with Crippen LogP contribution in [0.25, 0.3) is 0 Å². The molecule has 0 aromatic heterocycles. The standard InChI is InChI=1S/C26H36N2O4S/c1-31-23-12-8-20(9-13-23)18-28(33(2,29)30)26-16-17-27-25(26)19-32-24-14-10-22(11-15-24)21-6-4-3-5-7-21/h3-9,12-13,22,24-27H,10-11,14-19H2,1-2H3/t22?,24?,25-,26-/m0/s1. The second-order valence-electron chi connectivity index (χ2n) is 9.29. The molecule has 0 unspecified atom stereocenters. The van der Waals surface area contributed by atoms with E-state index in [2.05, 4.69) is 35.6 Å². The van der Waals surface area contributed by atoms with Gasteiger partial charge in [-0.3, -0.25) is 0 Å². The van der Waals surface area contributed by atoms with Gasteiger partial charge in [-0.2, -0.15) is 4.31 Å². The summed E-state index contributed by atoms with van der Waals surface area (Å²) in [5.74, 6) is 1.38. The minimum atomic E-state index is -3.37. The van der Waals surface area contributed by atoms with Gasteiger partial charge in [0.2, 0.25) is 10.0 Å². The zero-order chi connectivity index (χ0) is 23.3. The normalized spacial score (nSPS) is 25.9. The Bertz CT molecular complexity index is 973. The Morgan fingerprint density at radius 2 is 1.67 bits per heavy atom. The van der Waals surface area contributed by atoms with E-state index >= 15 is 0 Å². The van der Waals surface area contributed by atoms with Crippen molar-refractivity contribution in [3.8, 4) is 5.75 Å². The molecule has 6 nitrogen and oxygen atoms in total. The van der Waals surface area contributed by atoms with Crippen LogP contribution in [0.1, 0.15) is 49.1 Å². The lowest BCUT2D eigenvalue weighted by Gasteiger charge is -2.33. The van der Waals surface area contributed by atoms with Crippen LogP contribution >= 0.6 is 0 Å². The molecule has 7 heteroatoms. The number of nitrogens with one attached hydrogen (secondary N) is 1. The Labute approximate surface area is 198 Å². The quantitative estimate of drug-likeness (QED) is 0.599. The van der Waals surface area contributed by atoms with Gasteiger partial charge in [-0.05, 0) is 67.8 Å². The monoisotopic (exact) mass is 472 g/mol. The van der Waals surface area contributed by atoms with Crippen molar-refractivity contribution in [1.29, 1.82) is 0 Å². The lowest BCUT2D eigenvalue weighted by molar-refractivity contribution is 0.00803. The van der Waals surface area contributed by atoms with E-state index in [1.165, 1.54) is 11.8 Å². The molecular weight excluding hydrogens is 436 g/mol. The summed E-state index contributed by atoms with van der Waals surface area (Å²) < 4.78 is 38.6. The largest absolute Gasteiger partial charge is 0.497 e. The summed E-state index contributed by atoms with van der Waals surface area (Å²) in [6.07, 6.45) is 6.74. The van der Waals surface area contributed by atoms with E-state index in [4.69, 9.17) is 9.47 Å². The van der Waals surface area contributed by atoms with E-state index in [1.807, 2.05) is 24.3 Å². The lowest BCUT2D eigenvalue weighted by atomic mass is 9.83. The number of hydrogen-bond acceptors (Lipinski definition) is 5. The first-order chi connectivity index (χ1) is 15.9. The fourth-order valence-corrected chi connectivity index (χ4v) is 6.32. The highest BCUT2D eigenvalue weighted by molar-refractivity contribution is 7.88.